The Kier molecular flexibility index (Phi) is 4.80. The van der Waals surface area contributed by atoms with Gasteiger partial charge >= 0.3 is 0 Å². The summed E-state index contributed by atoms with van der Waals surface area (Å²) in [4.78, 5) is 31.5. The Morgan fingerprint density at radius 2 is 2.04 bits per heavy atom. The van der Waals surface area contributed by atoms with Crippen molar-refractivity contribution in [3.05, 3.63) is 22.8 Å². The number of thiazole rings is 1. The molecular formula is C20H26N4O2S. The maximum atomic E-state index is 12.7. The van der Waals surface area contributed by atoms with Gasteiger partial charge in [-0.3, -0.25) is 9.59 Å². The van der Waals surface area contributed by atoms with Crippen molar-refractivity contribution in [1.82, 2.24) is 14.5 Å². The number of nitrogens with zero attached hydrogens (tertiary/aromatic N) is 3. The number of nitrogens with one attached hydrogen (secondary N) is 1. The largest absolute Gasteiger partial charge is 0.351 e. The third-order valence-electron chi connectivity index (χ3n) is 6.08. The molecule has 2 amide bonds. The minimum absolute atomic E-state index is 0.0919. The lowest BCUT2D eigenvalue weighted by Crippen LogP contribution is -2.35. The van der Waals surface area contributed by atoms with Gasteiger partial charge in [-0.1, -0.05) is 12.8 Å². The van der Waals surface area contributed by atoms with Gasteiger partial charge in [0.25, 0.3) is 0 Å². The van der Waals surface area contributed by atoms with Crippen molar-refractivity contribution in [3.8, 4) is 11.3 Å². The van der Waals surface area contributed by atoms with E-state index in [4.69, 9.17) is 0 Å². The van der Waals surface area contributed by atoms with Gasteiger partial charge in [-0.25, -0.2) is 4.98 Å². The molecule has 0 unspecified atom stereocenters. The van der Waals surface area contributed by atoms with Crippen LogP contribution in [0.5, 0.6) is 0 Å². The normalized spacial score (nSPS) is 20.6. The molecular weight excluding hydrogens is 360 g/mol. The van der Waals surface area contributed by atoms with Crippen LogP contribution in [0.1, 0.15) is 43.5 Å². The van der Waals surface area contributed by atoms with E-state index in [0.29, 0.717) is 24.1 Å². The molecule has 0 spiro atoms. The summed E-state index contributed by atoms with van der Waals surface area (Å²) in [5.74, 6) is -0.242. The second-order valence-corrected chi connectivity index (χ2v) is 8.61. The number of aryl methyl sites for hydroxylation is 1. The number of aromatic nitrogens is 2. The first-order valence-corrected chi connectivity index (χ1v) is 10.5. The van der Waals surface area contributed by atoms with E-state index < -0.39 is 0 Å². The molecule has 0 radical (unpaired) electrons. The van der Waals surface area contributed by atoms with Crippen LogP contribution in [-0.2, 0) is 16.6 Å². The molecule has 2 aromatic rings. The van der Waals surface area contributed by atoms with Crippen LogP contribution in [0.25, 0.3) is 11.3 Å². The minimum Gasteiger partial charge on any atom is -0.351 e. The highest BCUT2D eigenvalue weighted by Crippen LogP contribution is 2.32. The standard InChI is InChI=1S/C20H26N4O2S/c1-12-8-16(13(2)23(12)3)17-11-27-20(21-17)22-19(26)14-9-18(25)24(10-14)15-6-4-5-7-15/h8,11,14-15H,4-7,9-10H2,1-3H3,(H,21,22,26)/t14-/m0/s1. The van der Waals surface area contributed by atoms with Crippen LogP contribution >= 0.6 is 11.3 Å². The third-order valence-corrected chi connectivity index (χ3v) is 6.84. The predicted molar refractivity (Wildman–Crippen MR) is 107 cm³/mol. The summed E-state index contributed by atoms with van der Waals surface area (Å²) >= 11 is 1.43. The molecule has 1 aliphatic heterocycles. The summed E-state index contributed by atoms with van der Waals surface area (Å²) in [6.07, 6.45) is 4.84. The molecule has 1 N–H and O–H groups in total. The number of carbonyl (C=O) groups excluding carboxylic acids is 2. The van der Waals surface area contributed by atoms with Crippen molar-refractivity contribution in [3.63, 3.8) is 0 Å². The van der Waals surface area contributed by atoms with Crippen molar-refractivity contribution >= 4 is 28.3 Å². The van der Waals surface area contributed by atoms with Crippen LogP contribution in [0.2, 0.25) is 0 Å². The molecule has 2 fully saturated rings. The fourth-order valence-corrected chi connectivity index (χ4v) is 4.97. The lowest BCUT2D eigenvalue weighted by Gasteiger charge is -2.23. The second-order valence-electron chi connectivity index (χ2n) is 7.76. The van der Waals surface area contributed by atoms with Gasteiger partial charge in [0, 0.05) is 48.4 Å². The number of amides is 2. The van der Waals surface area contributed by atoms with E-state index in [9.17, 15) is 9.59 Å². The Bertz CT molecular complexity index is 879. The van der Waals surface area contributed by atoms with Crippen LogP contribution in [0.4, 0.5) is 5.13 Å². The summed E-state index contributed by atoms with van der Waals surface area (Å²) in [5.41, 5.74) is 4.31. The summed E-state index contributed by atoms with van der Waals surface area (Å²) in [6, 6.07) is 2.46. The van der Waals surface area contributed by atoms with Crippen molar-refractivity contribution in [2.24, 2.45) is 13.0 Å². The zero-order valence-electron chi connectivity index (χ0n) is 16.1. The molecule has 6 nitrogen and oxygen atoms in total. The van der Waals surface area contributed by atoms with Crippen molar-refractivity contribution in [1.29, 1.82) is 0 Å². The van der Waals surface area contributed by atoms with Crippen molar-refractivity contribution in [2.45, 2.75) is 52.0 Å². The molecule has 1 saturated heterocycles. The maximum absolute atomic E-state index is 12.7. The molecule has 7 heteroatoms. The Labute approximate surface area is 163 Å². The molecule has 3 heterocycles. The topological polar surface area (TPSA) is 67.2 Å². The Morgan fingerprint density at radius 3 is 2.70 bits per heavy atom. The second kappa shape index (κ2) is 7.11. The zero-order chi connectivity index (χ0) is 19.1. The highest BCUT2D eigenvalue weighted by atomic mass is 32.1. The first-order chi connectivity index (χ1) is 12.9. The van der Waals surface area contributed by atoms with E-state index in [2.05, 4.69) is 34.8 Å². The Morgan fingerprint density at radius 1 is 1.30 bits per heavy atom. The van der Waals surface area contributed by atoms with Crippen LogP contribution in [0, 0.1) is 19.8 Å². The number of anilines is 1. The molecule has 1 saturated carbocycles. The molecule has 4 rings (SSSR count). The van der Waals surface area contributed by atoms with Crippen LogP contribution in [0.3, 0.4) is 0 Å². The first-order valence-electron chi connectivity index (χ1n) is 9.63. The summed E-state index contributed by atoms with van der Waals surface area (Å²) in [5, 5.41) is 5.50. The van der Waals surface area contributed by atoms with Gasteiger partial charge in [-0.05, 0) is 32.8 Å². The fraction of sp³-hybridized carbons (Fsp3) is 0.550. The van der Waals surface area contributed by atoms with Gasteiger partial charge in [-0.15, -0.1) is 11.3 Å². The van der Waals surface area contributed by atoms with Gasteiger partial charge in [0.15, 0.2) is 5.13 Å². The van der Waals surface area contributed by atoms with Gasteiger partial charge in [-0.2, -0.15) is 0 Å². The van der Waals surface area contributed by atoms with E-state index in [1.165, 1.54) is 29.9 Å². The van der Waals surface area contributed by atoms with E-state index in [-0.39, 0.29) is 17.7 Å². The Hall–Kier alpha value is -2.15. The lowest BCUT2D eigenvalue weighted by atomic mass is 10.1. The van der Waals surface area contributed by atoms with E-state index in [0.717, 1.165) is 29.8 Å². The van der Waals surface area contributed by atoms with Gasteiger partial charge in [0.1, 0.15) is 0 Å². The summed E-state index contributed by atoms with van der Waals surface area (Å²) < 4.78 is 2.13. The molecule has 0 bridgehead atoms. The van der Waals surface area contributed by atoms with Gasteiger partial charge in [0.05, 0.1) is 11.6 Å². The monoisotopic (exact) mass is 386 g/mol. The summed E-state index contributed by atoms with van der Waals surface area (Å²) in [7, 11) is 2.04. The van der Waals surface area contributed by atoms with E-state index in [1.54, 1.807) is 0 Å². The molecule has 1 atom stereocenters. The molecule has 27 heavy (non-hydrogen) atoms. The van der Waals surface area contributed by atoms with Crippen molar-refractivity contribution in [2.75, 3.05) is 11.9 Å². The number of hydrogen-bond donors (Lipinski definition) is 1. The third kappa shape index (κ3) is 3.40. The molecule has 0 aromatic carbocycles. The predicted octanol–water partition coefficient (Wildman–Crippen LogP) is 3.50. The average molecular weight is 387 g/mol. The quantitative estimate of drug-likeness (QED) is 0.875. The smallest absolute Gasteiger partial charge is 0.231 e. The van der Waals surface area contributed by atoms with Gasteiger partial charge < -0.3 is 14.8 Å². The van der Waals surface area contributed by atoms with Crippen LogP contribution in [0.15, 0.2) is 11.4 Å². The zero-order valence-corrected chi connectivity index (χ0v) is 16.9. The van der Waals surface area contributed by atoms with Crippen LogP contribution in [-0.4, -0.2) is 38.9 Å². The molecule has 144 valence electrons. The maximum Gasteiger partial charge on any atom is 0.231 e. The lowest BCUT2D eigenvalue weighted by molar-refractivity contribution is -0.129. The fourth-order valence-electron chi connectivity index (χ4n) is 4.25. The Balaban J connectivity index is 1.42. The SMILES string of the molecule is Cc1cc(-c2csc(NC(=O)[C@H]3CC(=O)N(C4CCCC4)C3)n2)c(C)n1C. The van der Waals surface area contributed by atoms with E-state index in [1.807, 2.05) is 17.3 Å². The molecule has 2 aliphatic rings. The highest BCUT2D eigenvalue weighted by Gasteiger charge is 2.38. The molecule has 1 aliphatic carbocycles. The van der Waals surface area contributed by atoms with Crippen LogP contribution < -0.4 is 5.32 Å². The number of hydrogen-bond acceptors (Lipinski definition) is 4. The first kappa shape index (κ1) is 18.2. The van der Waals surface area contributed by atoms with Gasteiger partial charge in [0.2, 0.25) is 11.8 Å². The highest BCUT2D eigenvalue weighted by molar-refractivity contribution is 7.14. The minimum atomic E-state index is -0.272. The number of rotatable bonds is 4. The summed E-state index contributed by atoms with van der Waals surface area (Å²) in [6.45, 7) is 4.69. The number of likely N-dealkylation sites (tertiary alicyclic amines) is 1. The van der Waals surface area contributed by atoms with E-state index >= 15 is 0 Å². The van der Waals surface area contributed by atoms with Crippen molar-refractivity contribution < 1.29 is 9.59 Å². The number of carbonyl (C=O) groups is 2. The average Bonchev–Trinajstić information content (AvgIpc) is 3.40. The molecule has 2 aromatic heterocycles.